The Morgan fingerprint density at radius 2 is 1.85 bits per heavy atom. The lowest BCUT2D eigenvalue weighted by atomic mass is 9.95. The van der Waals surface area contributed by atoms with Crippen molar-refractivity contribution < 1.29 is 0 Å². The van der Waals surface area contributed by atoms with Crippen molar-refractivity contribution in [2.24, 2.45) is 0 Å². The molecule has 0 bridgehead atoms. The molecule has 3 aromatic rings. The molecule has 4 heteroatoms. The molecule has 3 nitrogen and oxygen atoms in total. The van der Waals surface area contributed by atoms with Gasteiger partial charge in [-0.3, -0.25) is 0 Å². The summed E-state index contributed by atoms with van der Waals surface area (Å²) in [6, 6.07) is 13.9. The van der Waals surface area contributed by atoms with E-state index in [-0.39, 0.29) is 5.41 Å². The highest BCUT2D eigenvalue weighted by molar-refractivity contribution is 6.34. The van der Waals surface area contributed by atoms with Crippen molar-refractivity contribution in [3.05, 3.63) is 58.9 Å². The Morgan fingerprint density at radius 3 is 2.50 bits per heavy atom. The van der Waals surface area contributed by atoms with E-state index < -0.39 is 0 Å². The fourth-order valence-electron chi connectivity index (χ4n) is 2.81. The number of nitrogen functional groups attached to an aromatic ring is 1. The Bertz CT molecular complexity index is 785. The van der Waals surface area contributed by atoms with Crippen LogP contribution in [0, 0.1) is 0 Å². The topological polar surface area (TPSA) is 54.7 Å². The largest absolute Gasteiger partial charge is 0.399 e. The Labute approximate surface area is 121 Å². The maximum Gasteiger partial charge on any atom is 0.118 e. The minimum atomic E-state index is 0.00997. The van der Waals surface area contributed by atoms with Gasteiger partial charge in [-0.2, -0.15) is 0 Å². The van der Waals surface area contributed by atoms with Crippen LogP contribution in [-0.4, -0.2) is 9.97 Å². The van der Waals surface area contributed by atoms with Crippen LogP contribution >= 0.6 is 11.6 Å². The Hall–Kier alpha value is -2.00. The summed E-state index contributed by atoms with van der Waals surface area (Å²) >= 11 is 6.21. The number of para-hydroxylation sites is 1. The van der Waals surface area contributed by atoms with Crippen molar-refractivity contribution in [3.63, 3.8) is 0 Å². The van der Waals surface area contributed by atoms with Crippen molar-refractivity contribution in [2.45, 2.75) is 18.3 Å². The molecule has 1 aliphatic carbocycles. The van der Waals surface area contributed by atoms with E-state index in [4.69, 9.17) is 22.3 Å². The molecule has 0 unspecified atom stereocenters. The second-order valence-electron chi connectivity index (χ2n) is 5.43. The number of hydrogen-bond acceptors (Lipinski definition) is 2. The molecule has 0 atom stereocenters. The number of hydrogen-bond donors (Lipinski definition) is 2. The Balaban J connectivity index is 1.86. The van der Waals surface area contributed by atoms with Crippen LogP contribution in [0.2, 0.25) is 5.02 Å². The molecule has 20 heavy (non-hydrogen) atoms. The zero-order valence-corrected chi connectivity index (χ0v) is 11.6. The summed E-state index contributed by atoms with van der Waals surface area (Å²) in [5.41, 5.74) is 9.68. The second kappa shape index (κ2) is 4.00. The quantitative estimate of drug-likeness (QED) is 0.701. The van der Waals surface area contributed by atoms with Crippen molar-refractivity contribution in [3.8, 4) is 0 Å². The summed E-state index contributed by atoms with van der Waals surface area (Å²) in [5, 5.41) is 0.693. The third-order valence-corrected chi connectivity index (χ3v) is 4.44. The zero-order valence-electron chi connectivity index (χ0n) is 10.9. The van der Waals surface area contributed by atoms with E-state index in [1.54, 1.807) is 0 Å². The number of benzene rings is 2. The van der Waals surface area contributed by atoms with E-state index in [0.717, 1.165) is 35.4 Å². The van der Waals surface area contributed by atoms with Gasteiger partial charge in [0.2, 0.25) is 0 Å². The number of nitrogens with two attached hydrogens (primary N) is 1. The van der Waals surface area contributed by atoms with Gasteiger partial charge < -0.3 is 10.7 Å². The second-order valence-corrected chi connectivity index (χ2v) is 5.83. The van der Waals surface area contributed by atoms with Crippen LogP contribution < -0.4 is 5.73 Å². The lowest BCUT2D eigenvalue weighted by Gasteiger charge is -2.12. The molecule has 2 aromatic carbocycles. The molecule has 0 aliphatic heterocycles. The summed E-state index contributed by atoms with van der Waals surface area (Å²) < 4.78 is 0. The van der Waals surface area contributed by atoms with E-state index in [9.17, 15) is 0 Å². The smallest absolute Gasteiger partial charge is 0.118 e. The van der Waals surface area contributed by atoms with E-state index in [2.05, 4.69) is 17.1 Å². The molecule has 1 saturated carbocycles. The van der Waals surface area contributed by atoms with Crippen LogP contribution in [0.15, 0.2) is 42.5 Å². The zero-order chi connectivity index (χ0) is 13.7. The van der Waals surface area contributed by atoms with Gasteiger partial charge in [-0.15, -0.1) is 0 Å². The van der Waals surface area contributed by atoms with Crippen molar-refractivity contribution in [1.29, 1.82) is 0 Å². The maximum absolute atomic E-state index is 6.21. The van der Waals surface area contributed by atoms with Crippen molar-refractivity contribution in [1.82, 2.24) is 9.97 Å². The average Bonchev–Trinajstić information content (AvgIpc) is 3.13. The highest BCUT2D eigenvalue weighted by atomic mass is 35.5. The number of anilines is 1. The van der Waals surface area contributed by atoms with Crippen molar-refractivity contribution >= 4 is 28.3 Å². The van der Waals surface area contributed by atoms with Gasteiger partial charge >= 0.3 is 0 Å². The van der Waals surface area contributed by atoms with Gasteiger partial charge in [0, 0.05) is 5.69 Å². The molecule has 4 rings (SSSR count). The molecule has 1 heterocycles. The molecule has 100 valence electrons. The number of nitrogens with one attached hydrogen (secondary N) is 1. The number of rotatable bonds is 2. The number of aromatic nitrogens is 2. The number of fused-ring (bicyclic) bond motifs is 1. The minimum Gasteiger partial charge on any atom is -0.399 e. The predicted molar refractivity (Wildman–Crippen MR) is 82.0 cm³/mol. The number of aromatic amines is 1. The first-order valence-corrected chi connectivity index (χ1v) is 7.08. The molecule has 0 spiro atoms. The van der Waals surface area contributed by atoms with Crippen LogP contribution in [-0.2, 0) is 5.41 Å². The molecule has 1 aromatic heterocycles. The van der Waals surface area contributed by atoms with Crippen LogP contribution in [0.4, 0.5) is 5.69 Å². The van der Waals surface area contributed by atoms with Crippen LogP contribution in [0.3, 0.4) is 0 Å². The molecule has 1 aliphatic rings. The van der Waals surface area contributed by atoms with Gasteiger partial charge in [0.25, 0.3) is 0 Å². The summed E-state index contributed by atoms with van der Waals surface area (Å²) in [6.45, 7) is 0. The van der Waals surface area contributed by atoms with Gasteiger partial charge in [0.1, 0.15) is 11.3 Å². The third-order valence-electron chi connectivity index (χ3n) is 4.13. The third kappa shape index (κ3) is 1.63. The van der Waals surface area contributed by atoms with E-state index in [1.165, 1.54) is 5.56 Å². The normalized spacial score (nSPS) is 16.4. The number of halogens is 1. The van der Waals surface area contributed by atoms with E-state index >= 15 is 0 Å². The van der Waals surface area contributed by atoms with Crippen LogP contribution in [0.5, 0.6) is 0 Å². The van der Waals surface area contributed by atoms with Gasteiger partial charge in [-0.05, 0) is 42.7 Å². The first-order chi connectivity index (χ1) is 9.69. The SMILES string of the molecule is Nc1ccc(C2(c3nc4c(Cl)cccc4[nH]3)CC2)cc1. The summed E-state index contributed by atoms with van der Waals surface area (Å²) in [5.74, 6) is 1.00. The van der Waals surface area contributed by atoms with Gasteiger partial charge in [0.05, 0.1) is 16.0 Å². The fraction of sp³-hybridized carbons (Fsp3) is 0.188. The van der Waals surface area contributed by atoms with Crippen molar-refractivity contribution in [2.75, 3.05) is 5.73 Å². The number of imidazole rings is 1. The summed E-state index contributed by atoms with van der Waals surface area (Å²) in [4.78, 5) is 8.15. The van der Waals surface area contributed by atoms with E-state index in [1.807, 2.05) is 30.3 Å². The molecule has 0 saturated heterocycles. The maximum atomic E-state index is 6.21. The van der Waals surface area contributed by atoms with Crippen LogP contribution in [0.25, 0.3) is 11.0 Å². The lowest BCUT2D eigenvalue weighted by Crippen LogP contribution is -2.10. The molecule has 0 amide bonds. The Morgan fingerprint density at radius 1 is 1.10 bits per heavy atom. The molecular weight excluding hydrogens is 270 g/mol. The predicted octanol–water partition coefficient (Wildman–Crippen LogP) is 3.88. The summed E-state index contributed by atoms with van der Waals surface area (Å²) in [6.07, 6.45) is 2.21. The standard InChI is InChI=1S/C16H14ClN3/c17-12-2-1-3-13-14(12)20-15(19-13)16(8-9-16)10-4-6-11(18)7-5-10/h1-7H,8-9,18H2,(H,19,20). The summed E-state index contributed by atoms with van der Waals surface area (Å²) in [7, 11) is 0. The molecule has 1 fully saturated rings. The fourth-order valence-corrected chi connectivity index (χ4v) is 3.03. The van der Waals surface area contributed by atoms with Gasteiger partial charge in [-0.1, -0.05) is 29.8 Å². The highest BCUT2D eigenvalue weighted by Gasteiger charge is 2.48. The Kier molecular flexibility index (Phi) is 2.36. The van der Waals surface area contributed by atoms with Crippen LogP contribution in [0.1, 0.15) is 24.2 Å². The highest BCUT2D eigenvalue weighted by Crippen LogP contribution is 2.52. The first kappa shape index (κ1) is 11.8. The van der Waals surface area contributed by atoms with Gasteiger partial charge in [0.15, 0.2) is 0 Å². The molecule has 0 radical (unpaired) electrons. The average molecular weight is 284 g/mol. The lowest BCUT2D eigenvalue weighted by molar-refractivity contribution is 0.779. The minimum absolute atomic E-state index is 0.00997. The van der Waals surface area contributed by atoms with Gasteiger partial charge in [-0.25, -0.2) is 4.98 Å². The number of nitrogens with zero attached hydrogens (tertiary/aromatic N) is 1. The monoisotopic (exact) mass is 283 g/mol. The molecule has 3 N–H and O–H groups in total. The number of H-pyrrole nitrogens is 1. The van der Waals surface area contributed by atoms with E-state index in [0.29, 0.717) is 5.02 Å². The first-order valence-electron chi connectivity index (χ1n) is 6.70. The molecular formula is C16H14ClN3.